The summed E-state index contributed by atoms with van der Waals surface area (Å²) in [6.07, 6.45) is -4.94. The molecule has 4 nitrogen and oxygen atoms in total. The van der Waals surface area contributed by atoms with E-state index in [0.29, 0.717) is 5.56 Å². The summed E-state index contributed by atoms with van der Waals surface area (Å²) in [7, 11) is 0. The zero-order valence-corrected chi connectivity index (χ0v) is 13.3. The van der Waals surface area contributed by atoms with Crippen molar-refractivity contribution >= 4 is 11.0 Å². The quantitative estimate of drug-likeness (QED) is 0.712. The third-order valence-electron chi connectivity index (χ3n) is 3.63. The molecule has 0 aliphatic heterocycles. The number of aryl methyl sites for hydroxylation is 2. The van der Waals surface area contributed by atoms with E-state index in [4.69, 9.17) is 9.15 Å². The Bertz CT molecular complexity index is 1020. The third-order valence-corrected chi connectivity index (χ3v) is 3.63. The van der Waals surface area contributed by atoms with Crippen LogP contribution in [0.15, 0.2) is 45.6 Å². The molecule has 2 aromatic carbocycles. The first-order chi connectivity index (χ1) is 11.7. The van der Waals surface area contributed by atoms with Gasteiger partial charge in [0.15, 0.2) is 0 Å². The number of rotatable bonds is 2. The Morgan fingerprint density at radius 1 is 1.08 bits per heavy atom. The molecule has 25 heavy (non-hydrogen) atoms. The fraction of sp³-hybridized carbons (Fsp3) is 0.167. The summed E-state index contributed by atoms with van der Waals surface area (Å²) in [5, 5.41) is 9.29. The maximum atomic E-state index is 13.3. The van der Waals surface area contributed by atoms with Gasteiger partial charge in [-0.25, -0.2) is 0 Å². The number of fused-ring (bicyclic) bond motifs is 1. The number of alkyl halides is 3. The predicted molar refractivity (Wildman–Crippen MR) is 85.1 cm³/mol. The number of halogens is 3. The third kappa shape index (κ3) is 3.17. The molecule has 130 valence electrons. The summed E-state index contributed by atoms with van der Waals surface area (Å²) in [6, 6.07) is 8.21. The van der Waals surface area contributed by atoms with Crippen molar-refractivity contribution in [1.29, 1.82) is 0 Å². The maximum Gasteiger partial charge on any atom is 0.453 e. The summed E-state index contributed by atoms with van der Waals surface area (Å²) >= 11 is 0. The van der Waals surface area contributed by atoms with E-state index >= 15 is 0 Å². The summed E-state index contributed by atoms with van der Waals surface area (Å²) in [4.78, 5) is 12.5. The number of aromatic hydroxyl groups is 1. The van der Waals surface area contributed by atoms with E-state index in [1.165, 1.54) is 18.2 Å². The van der Waals surface area contributed by atoms with Gasteiger partial charge in [-0.2, -0.15) is 13.2 Å². The summed E-state index contributed by atoms with van der Waals surface area (Å²) < 4.78 is 50.2. The van der Waals surface area contributed by atoms with Crippen LogP contribution in [0, 0.1) is 13.8 Å². The Labute approximate surface area is 140 Å². The van der Waals surface area contributed by atoms with Crippen molar-refractivity contribution in [3.05, 3.63) is 63.5 Å². The van der Waals surface area contributed by atoms with Crippen LogP contribution in [0.2, 0.25) is 0 Å². The summed E-state index contributed by atoms with van der Waals surface area (Å²) in [5.74, 6) is -2.67. The lowest BCUT2D eigenvalue weighted by Gasteiger charge is -2.14. The van der Waals surface area contributed by atoms with Crippen molar-refractivity contribution < 1.29 is 27.4 Å². The highest BCUT2D eigenvalue weighted by atomic mass is 19.4. The largest absolute Gasteiger partial charge is 0.508 e. The second-order valence-electron chi connectivity index (χ2n) is 5.64. The molecule has 0 amide bonds. The zero-order valence-electron chi connectivity index (χ0n) is 13.3. The number of ether oxygens (including phenoxy) is 1. The maximum absolute atomic E-state index is 13.3. The number of phenols is 1. The Hall–Kier alpha value is -2.96. The van der Waals surface area contributed by atoms with Crippen LogP contribution in [0.1, 0.15) is 16.9 Å². The van der Waals surface area contributed by atoms with Gasteiger partial charge in [0.05, 0.1) is 5.39 Å². The van der Waals surface area contributed by atoms with E-state index in [1.807, 2.05) is 6.92 Å². The molecule has 3 aromatic rings. The molecule has 0 saturated carbocycles. The van der Waals surface area contributed by atoms with Crippen LogP contribution < -0.4 is 10.2 Å². The normalized spacial score (nSPS) is 11.7. The lowest BCUT2D eigenvalue weighted by molar-refractivity contribution is -0.154. The van der Waals surface area contributed by atoms with E-state index in [0.717, 1.165) is 11.6 Å². The Morgan fingerprint density at radius 3 is 2.44 bits per heavy atom. The summed E-state index contributed by atoms with van der Waals surface area (Å²) in [6.45, 7) is 3.49. The number of hydrogen-bond donors (Lipinski definition) is 1. The molecule has 1 aromatic heterocycles. The monoisotopic (exact) mass is 350 g/mol. The molecule has 1 N–H and O–H groups in total. The van der Waals surface area contributed by atoms with Crippen LogP contribution in [0.4, 0.5) is 13.2 Å². The van der Waals surface area contributed by atoms with Crippen LogP contribution in [-0.2, 0) is 6.18 Å². The Balaban J connectivity index is 2.26. The van der Waals surface area contributed by atoms with Crippen LogP contribution in [0.25, 0.3) is 11.0 Å². The highest BCUT2D eigenvalue weighted by Gasteiger charge is 2.40. The molecule has 0 fully saturated rings. The van der Waals surface area contributed by atoms with Crippen molar-refractivity contribution in [2.24, 2.45) is 0 Å². The van der Waals surface area contributed by atoms with Crippen LogP contribution in [0.3, 0.4) is 0 Å². The van der Waals surface area contributed by atoms with Gasteiger partial charge in [-0.3, -0.25) is 4.79 Å². The van der Waals surface area contributed by atoms with Crippen molar-refractivity contribution in [2.75, 3.05) is 0 Å². The van der Waals surface area contributed by atoms with Gasteiger partial charge in [0.2, 0.25) is 11.2 Å². The lowest BCUT2D eigenvalue weighted by Crippen LogP contribution is -2.15. The van der Waals surface area contributed by atoms with E-state index < -0.39 is 23.1 Å². The fourth-order valence-corrected chi connectivity index (χ4v) is 2.47. The molecule has 0 saturated heterocycles. The molecule has 0 bridgehead atoms. The molecule has 0 aliphatic rings. The molecule has 0 radical (unpaired) electrons. The standard InChI is InChI=1S/C18H13F3O4/c1-9-3-6-13(10(2)7-9)24-16-15(23)12-5-4-11(22)8-14(12)25-17(16)18(19,20)21/h3-8,22H,1-2H3. The minimum atomic E-state index is -4.94. The molecule has 0 atom stereocenters. The highest BCUT2D eigenvalue weighted by Crippen LogP contribution is 2.39. The zero-order chi connectivity index (χ0) is 18.4. The van der Waals surface area contributed by atoms with Gasteiger partial charge >= 0.3 is 6.18 Å². The van der Waals surface area contributed by atoms with Gasteiger partial charge in [-0.1, -0.05) is 17.7 Å². The van der Waals surface area contributed by atoms with E-state index in [2.05, 4.69) is 0 Å². The molecule has 0 spiro atoms. The van der Waals surface area contributed by atoms with Gasteiger partial charge in [0.1, 0.15) is 17.1 Å². The Kier molecular flexibility index (Phi) is 3.94. The number of phenolic OH excluding ortho intramolecular Hbond substituents is 1. The average Bonchev–Trinajstić information content (AvgIpc) is 2.50. The predicted octanol–water partition coefficient (Wildman–Crippen LogP) is 4.93. The van der Waals surface area contributed by atoms with Gasteiger partial charge in [-0.05, 0) is 37.6 Å². The average molecular weight is 350 g/mol. The lowest BCUT2D eigenvalue weighted by atomic mass is 10.1. The molecule has 3 rings (SSSR count). The first kappa shape index (κ1) is 16.9. The molecule has 0 unspecified atom stereocenters. The first-order valence-electron chi connectivity index (χ1n) is 7.29. The SMILES string of the molecule is Cc1ccc(Oc2c(C(F)(F)F)oc3cc(O)ccc3c2=O)c(C)c1. The van der Waals surface area contributed by atoms with Crippen molar-refractivity contribution in [2.45, 2.75) is 20.0 Å². The van der Waals surface area contributed by atoms with E-state index in [-0.39, 0.29) is 22.5 Å². The Morgan fingerprint density at radius 2 is 1.80 bits per heavy atom. The van der Waals surface area contributed by atoms with Gasteiger partial charge < -0.3 is 14.3 Å². The van der Waals surface area contributed by atoms with Crippen molar-refractivity contribution in [3.8, 4) is 17.2 Å². The van der Waals surface area contributed by atoms with Gasteiger partial charge in [-0.15, -0.1) is 0 Å². The second kappa shape index (κ2) is 5.84. The van der Waals surface area contributed by atoms with Crippen molar-refractivity contribution in [1.82, 2.24) is 0 Å². The smallest absolute Gasteiger partial charge is 0.453 e. The molecular weight excluding hydrogens is 337 g/mol. The highest BCUT2D eigenvalue weighted by molar-refractivity contribution is 5.79. The summed E-state index contributed by atoms with van der Waals surface area (Å²) in [5.41, 5.74) is 0.152. The minimum Gasteiger partial charge on any atom is -0.508 e. The fourth-order valence-electron chi connectivity index (χ4n) is 2.47. The number of hydrogen-bond acceptors (Lipinski definition) is 4. The van der Waals surface area contributed by atoms with Crippen LogP contribution in [0.5, 0.6) is 17.2 Å². The topological polar surface area (TPSA) is 59.7 Å². The number of benzene rings is 2. The van der Waals surface area contributed by atoms with Crippen LogP contribution >= 0.6 is 0 Å². The molecule has 1 heterocycles. The molecular formula is C18H13F3O4. The minimum absolute atomic E-state index is 0.120. The van der Waals surface area contributed by atoms with E-state index in [9.17, 15) is 23.1 Å². The molecule has 0 aliphatic carbocycles. The van der Waals surface area contributed by atoms with Gasteiger partial charge in [0, 0.05) is 6.07 Å². The van der Waals surface area contributed by atoms with Gasteiger partial charge in [0.25, 0.3) is 5.76 Å². The van der Waals surface area contributed by atoms with Crippen molar-refractivity contribution in [3.63, 3.8) is 0 Å². The van der Waals surface area contributed by atoms with E-state index in [1.54, 1.807) is 19.1 Å². The van der Waals surface area contributed by atoms with Crippen LogP contribution in [-0.4, -0.2) is 5.11 Å². The molecule has 7 heteroatoms. The second-order valence-corrected chi connectivity index (χ2v) is 5.64. The first-order valence-corrected chi connectivity index (χ1v) is 7.29.